The van der Waals surface area contributed by atoms with Crippen LogP contribution in [0.25, 0.3) is 16.6 Å². The van der Waals surface area contributed by atoms with Gasteiger partial charge in [0.25, 0.3) is 0 Å². The van der Waals surface area contributed by atoms with E-state index in [4.69, 9.17) is 9.47 Å². The summed E-state index contributed by atoms with van der Waals surface area (Å²) in [6.07, 6.45) is 2.88. The summed E-state index contributed by atoms with van der Waals surface area (Å²) in [5.74, 6) is -1.72. The van der Waals surface area contributed by atoms with E-state index in [1.165, 1.54) is 6.92 Å². The van der Waals surface area contributed by atoms with Gasteiger partial charge in [-0.3, -0.25) is 14.5 Å². The number of morpholine rings is 1. The number of aromatic nitrogens is 1. The number of ether oxygens (including phenoxy) is 2. The van der Waals surface area contributed by atoms with Crippen molar-refractivity contribution in [1.82, 2.24) is 9.47 Å². The van der Waals surface area contributed by atoms with E-state index in [0.717, 1.165) is 35.8 Å². The molecule has 0 spiro atoms. The lowest BCUT2D eigenvalue weighted by molar-refractivity contribution is -0.141. The second-order valence-corrected chi connectivity index (χ2v) is 10.1. The highest BCUT2D eigenvalue weighted by molar-refractivity contribution is 6.46. The van der Waals surface area contributed by atoms with E-state index in [2.05, 4.69) is 21.5 Å². The number of hydrogen-bond acceptors (Lipinski definition) is 9. The summed E-state index contributed by atoms with van der Waals surface area (Å²) in [7, 11) is 0. The van der Waals surface area contributed by atoms with Crippen molar-refractivity contribution in [2.24, 2.45) is 5.16 Å². The van der Waals surface area contributed by atoms with Crippen molar-refractivity contribution in [1.29, 1.82) is 0 Å². The summed E-state index contributed by atoms with van der Waals surface area (Å²) in [6, 6.07) is 14.5. The first-order valence-electron chi connectivity index (χ1n) is 13.3. The van der Waals surface area contributed by atoms with Gasteiger partial charge in [0.1, 0.15) is 5.71 Å². The molecule has 1 aliphatic rings. The summed E-state index contributed by atoms with van der Waals surface area (Å²) in [6.45, 7) is 10.9. The lowest BCUT2D eigenvalue weighted by atomic mass is 9.90. The molecule has 10 nitrogen and oxygen atoms in total. The van der Waals surface area contributed by atoms with Crippen molar-refractivity contribution >= 4 is 40.1 Å². The summed E-state index contributed by atoms with van der Waals surface area (Å²) >= 11 is 0. The molecule has 0 unspecified atom stereocenters. The quantitative estimate of drug-likeness (QED) is 0.0859. The van der Waals surface area contributed by atoms with E-state index >= 15 is 0 Å². The van der Waals surface area contributed by atoms with E-state index in [0.29, 0.717) is 24.3 Å². The molecular weight excluding hydrogens is 526 g/mol. The first kappa shape index (κ1) is 29.6. The minimum atomic E-state index is -0.678. The molecule has 1 saturated heterocycles. The molecule has 4 rings (SSSR count). The molecule has 1 aliphatic heterocycles. The number of benzene rings is 2. The van der Waals surface area contributed by atoms with Gasteiger partial charge in [-0.15, -0.1) is 0 Å². The van der Waals surface area contributed by atoms with Crippen LogP contribution in [-0.2, 0) is 23.9 Å². The van der Waals surface area contributed by atoms with E-state index < -0.39 is 23.3 Å². The van der Waals surface area contributed by atoms with E-state index in [9.17, 15) is 19.2 Å². The van der Waals surface area contributed by atoms with Crippen molar-refractivity contribution in [2.45, 2.75) is 32.7 Å². The number of carbonyl (C=O) groups excluding carboxylic acids is 4. The zero-order valence-electron chi connectivity index (χ0n) is 23.4. The van der Waals surface area contributed by atoms with Crippen molar-refractivity contribution in [3.8, 4) is 5.69 Å². The molecule has 0 N–H and O–H groups in total. The Morgan fingerprint density at radius 3 is 2.37 bits per heavy atom. The third-order valence-corrected chi connectivity index (χ3v) is 7.01. The fraction of sp³-hybridized carbons (Fsp3) is 0.323. The third-order valence-electron chi connectivity index (χ3n) is 7.01. The topological polar surface area (TPSA) is 116 Å². The van der Waals surface area contributed by atoms with Gasteiger partial charge in [0.2, 0.25) is 5.78 Å². The number of rotatable bonds is 11. The minimum Gasteiger partial charge on any atom is -0.462 e. The monoisotopic (exact) mass is 559 g/mol. The Hall–Kier alpha value is -4.41. The molecule has 1 aromatic heterocycles. The Bertz CT molecular complexity index is 1500. The number of esters is 1. The lowest BCUT2D eigenvalue weighted by Gasteiger charge is -2.39. The highest BCUT2D eigenvalue weighted by Crippen LogP contribution is 2.27. The molecule has 0 saturated carbocycles. The van der Waals surface area contributed by atoms with Gasteiger partial charge in [0.15, 0.2) is 5.78 Å². The normalized spacial score (nSPS) is 14.5. The number of carbonyl (C=O) groups is 4. The Balaban J connectivity index is 1.52. The number of fused-ring (bicyclic) bond motifs is 1. The predicted molar refractivity (Wildman–Crippen MR) is 153 cm³/mol. The maximum absolute atomic E-state index is 13.5. The number of nitrogens with zero attached hydrogens (tertiary/aromatic N) is 3. The molecule has 214 valence electrons. The van der Waals surface area contributed by atoms with Crippen LogP contribution in [-0.4, -0.2) is 77.1 Å². The highest BCUT2D eigenvalue weighted by atomic mass is 16.7. The van der Waals surface area contributed by atoms with Gasteiger partial charge in [-0.05, 0) is 62.4 Å². The number of Topliss-reactive ketones (excluding diaryl/α,β-unsaturated/α-hetero) is 2. The third kappa shape index (κ3) is 6.85. The Labute approximate surface area is 238 Å². The highest BCUT2D eigenvalue weighted by Gasteiger charge is 2.36. The smallest absolute Gasteiger partial charge is 0.331 e. The second-order valence-electron chi connectivity index (χ2n) is 10.1. The number of oxime groups is 1. The van der Waals surface area contributed by atoms with Gasteiger partial charge < -0.3 is 18.9 Å². The zero-order chi connectivity index (χ0) is 29.6. The maximum Gasteiger partial charge on any atom is 0.331 e. The van der Waals surface area contributed by atoms with Crippen LogP contribution in [0.4, 0.5) is 0 Å². The van der Waals surface area contributed by atoms with Gasteiger partial charge in [0, 0.05) is 60.9 Å². The van der Waals surface area contributed by atoms with E-state index in [-0.39, 0.29) is 24.5 Å². The van der Waals surface area contributed by atoms with Crippen LogP contribution in [0.15, 0.2) is 72.5 Å². The molecule has 41 heavy (non-hydrogen) atoms. The fourth-order valence-electron chi connectivity index (χ4n) is 4.70. The lowest BCUT2D eigenvalue weighted by Crippen LogP contribution is -2.54. The average molecular weight is 560 g/mol. The molecule has 1 fully saturated rings. The van der Waals surface area contributed by atoms with Crippen LogP contribution in [0.2, 0.25) is 0 Å². The zero-order valence-corrected chi connectivity index (χ0v) is 23.4. The van der Waals surface area contributed by atoms with Gasteiger partial charge in [0.05, 0.1) is 30.9 Å². The molecule has 3 aromatic rings. The summed E-state index contributed by atoms with van der Waals surface area (Å²) in [4.78, 5) is 55.9. The molecule has 10 heteroatoms. The summed E-state index contributed by atoms with van der Waals surface area (Å²) < 4.78 is 12.3. The second kappa shape index (κ2) is 12.8. The molecule has 0 atom stereocenters. The van der Waals surface area contributed by atoms with Crippen LogP contribution in [0.5, 0.6) is 0 Å². The van der Waals surface area contributed by atoms with Crippen molar-refractivity contribution in [3.05, 3.63) is 78.5 Å². The fourth-order valence-corrected chi connectivity index (χ4v) is 4.70. The maximum atomic E-state index is 13.5. The molecule has 2 aromatic carbocycles. The molecule has 2 heterocycles. The molecule has 0 radical (unpaired) electrons. The van der Waals surface area contributed by atoms with Crippen LogP contribution in [0.3, 0.4) is 0 Å². The van der Waals surface area contributed by atoms with Gasteiger partial charge >= 0.3 is 11.9 Å². The minimum absolute atomic E-state index is 0.0426. The van der Waals surface area contributed by atoms with Gasteiger partial charge in [-0.2, -0.15) is 0 Å². The Morgan fingerprint density at radius 2 is 1.71 bits per heavy atom. The standard InChI is InChI=1S/C31H33N3O7/c1-5-28(36)40-17-13-26(32-41-21(2)35)29(37)22-6-9-25(10-7-22)34-14-12-23-20-24(8-11-27(23)34)30(38)31(3,4)33-15-18-39-19-16-33/h5-12,14,20H,1,13,15-19H2,2-4H3/b32-26+. The summed E-state index contributed by atoms with van der Waals surface area (Å²) in [5, 5.41) is 4.58. The first-order chi connectivity index (χ1) is 19.6. The van der Waals surface area contributed by atoms with Crippen molar-refractivity contribution < 1.29 is 33.5 Å². The molecule has 0 aliphatic carbocycles. The van der Waals surface area contributed by atoms with E-state index in [1.54, 1.807) is 24.3 Å². The predicted octanol–water partition coefficient (Wildman–Crippen LogP) is 4.15. The van der Waals surface area contributed by atoms with Crippen LogP contribution in [0.1, 0.15) is 47.9 Å². The average Bonchev–Trinajstić information content (AvgIpc) is 3.41. The number of ketones is 2. The van der Waals surface area contributed by atoms with E-state index in [1.807, 2.05) is 48.9 Å². The Morgan fingerprint density at radius 1 is 1.02 bits per heavy atom. The van der Waals surface area contributed by atoms with Crippen LogP contribution in [0, 0.1) is 0 Å². The molecule has 0 bridgehead atoms. The molecule has 0 amide bonds. The van der Waals surface area contributed by atoms with Gasteiger partial charge in [-0.25, -0.2) is 9.59 Å². The SMILES string of the molecule is C=CC(=O)OCC/C(=N\OC(C)=O)C(=O)c1ccc(-n2ccc3cc(C(=O)C(C)(C)N4CCOCC4)ccc32)cc1. The Kier molecular flexibility index (Phi) is 9.26. The van der Waals surface area contributed by atoms with Gasteiger partial charge in [-0.1, -0.05) is 11.7 Å². The van der Waals surface area contributed by atoms with Crippen LogP contribution >= 0.6 is 0 Å². The van der Waals surface area contributed by atoms with Crippen molar-refractivity contribution in [2.75, 3.05) is 32.9 Å². The summed E-state index contributed by atoms with van der Waals surface area (Å²) in [5.41, 5.74) is 1.98. The number of hydrogen-bond donors (Lipinski definition) is 0. The first-order valence-corrected chi connectivity index (χ1v) is 13.3. The van der Waals surface area contributed by atoms with Crippen LogP contribution < -0.4 is 0 Å². The largest absolute Gasteiger partial charge is 0.462 e. The van der Waals surface area contributed by atoms with Crippen molar-refractivity contribution in [3.63, 3.8) is 0 Å². The molecular formula is C31H33N3O7.